The summed E-state index contributed by atoms with van der Waals surface area (Å²) in [6.45, 7) is 9.79. The lowest BCUT2D eigenvalue weighted by Crippen LogP contribution is -2.25. The summed E-state index contributed by atoms with van der Waals surface area (Å²) in [5, 5.41) is 0. The van der Waals surface area contributed by atoms with Gasteiger partial charge >= 0.3 is 0 Å². The number of allylic oxidation sites excluding steroid dienone is 5. The fraction of sp³-hybridized carbons (Fsp3) is 0.409. The van der Waals surface area contributed by atoms with E-state index in [4.69, 9.17) is 4.74 Å². The molecule has 132 valence electrons. The van der Waals surface area contributed by atoms with Crippen LogP contribution in [-0.4, -0.2) is 23.1 Å². The van der Waals surface area contributed by atoms with E-state index in [1.165, 1.54) is 28.4 Å². The maximum absolute atomic E-state index is 5.51. The van der Waals surface area contributed by atoms with Gasteiger partial charge < -0.3 is 14.2 Å². The molecule has 1 aliphatic carbocycles. The van der Waals surface area contributed by atoms with Crippen molar-refractivity contribution < 1.29 is 4.74 Å². The molecule has 0 saturated carbocycles. The van der Waals surface area contributed by atoms with Gasteiger partial charge in [0.25, 0.3) is 0 Å². The van der Waals surface area contributed by atoms with E-state index in [0.29, 0.717) is 0 Å². The highest BCUT2D eigenvalue weighted by atomic mass is 16.5. The van der Waals surface area contributed by atoms with Crippen molar-refractivity contribution >= 4 is 0 Å². The highest BCUT2D eigenvalue weighted by molar-refractivity contribution is 5.55. The SMILES string of the molecule is C/C=C1\N(CC)C2=CC=C=C(OC)C=C2C1(C)Cc1ccc(C)n1C. The van der Waals surface area contributed by atoms with E-state index in [1.54, 1.807) is 7.11 Å². The van der Waals surface area contributed by atoms with E-state index in [2.05, 4.69) is 80.3 Å². The summed E-state index contributed by atoms with van der Waals surface area (Å²) in [7, 11) is 3.86. The molecule has 0 bridgehead atoms. The van der Waals surface area contributed by atoms with Gasteiger partial charge in [-0.3, -0.25) is 0 Å². The van der Waals surface area contributed by atoms with E-state index in [9.17, 15) is 0 Å². The zero-order valence-electron chi connectivity index (χ0n) is 16.2. The Morgan fingerprint density at radius 3 is 2.64 bits per heavy atom. The van der Waals surface area contributed by atoms with Gasteiger partial charge in [0.15, 0.2) is 5.76 Å². The molecule has 2 heterocycles. The molecule has 3 rings (SSSR count). The normalized spacial score (nSPS) is 24.0. The Morgan fingerprint density at radius 1 is 1.32 bits per heavy atom. The lowest BCUT2D eigenvalue weighted by atomic mass is 9.76. The summed E-state index contributed by atoms with van der Waals surface area (Å²) < 4.78 is 7.80. The van der Waals surface area contributed by atoms with Gasteiger partial charge in [0.1, 0.15) is 0 Å². The molecule has 1 fully saturated rings. The fourth-order valence-corrected chi connectivity index (χ4v) is 4.11. The van der Waals surface area contributed by atoms with Crippen molar-refractivity contribution in [1.29, 1.82) is 0 Å². The van der Waals surface area contributed by atoms with Crippen molar-refractivity contribution in [2.75, 3.05) is 13.7 Å². The van der Waals surface area contributed by atoms with E-state index in [1.807, 2.05) is 6.08 Å². The summed E-state index contributed by atoms with van der Waals surface area (Å²) >= 11 is 0. The van der Waals surface area contributed by atoms with Crippen molar-refractivity contribution in [2.24, 2.45) is 12.5 Å². The summed E-state index contributed by atoms with van der Waals surface area (Å²) in [6, 6.07) is 4.44. The largest absolute Gasteiger partial charge is 0.489 e. The zero-order valence-corrected chi connectivity index (χ0v) is 16.2. The molecular weight excluding hydrogens is 308 g/mol. The number of rotatable bonds is 4. The van der Waals surface area contributed by atoms with Gasteiger partial charge in [-0.15, -0.1) is 0 Å². The van der Waals surface area contributed by atoms with Crippen LogP contribution >= 0.6 is 0 Å². The average molecular weight is 336 g/mol. The van der Waals surface area contributed by atoms with Crippen LogP contribution in [-0.2, 0) is 18.2 Å². The van der Waals surface area contributed by atoms with Gasteiger partial charge in [-0.05, 0) is 63.6 Å². The minimum atomic E-state index is -0.0984. The van der Waals surface area contributed by atoms with Gasteiger partial charge in [0.05, 0.1) is 7.11 Å². The first-order valence-corrected chi connectivity index (χ1v) is 8.95. The number of ether oxygens (including phenoxy) is 1. The highest BCUT2D eigenvalue weighted by Crippen LogP contribution is 2.52. The quantitative estimate of drug-likeness (QED) is 0.746. The maximum atomic E-state index is 5.51. The molecule has 1 atom stereocenters. The highest BCUT2D eigenvalue weighted by Gasteiger charge is 2.46. The van der Waals surface area contributed by atoms with Crippen LogP contribution in [0.4, 0.5) is 0 Å². The lowest BCUT2D eigenvalue weighted by molar-refractivity contribution is 0.306. The van der Waals surface area contributed by atoms with E-state index in [-0.39, 0.29) is 5.41 Å². The summed E-state index contributed by atoms with van der Waals surface area (Å²) in [5.41, 5.74) is 9.67. The van der Waals surface area contributed by atoms with Crippen LogP contribution in [0.3, 0.4) is 0 Å². The molecule has 2 aliphatic rings. The number of hydrogen-bond donors (Lipinski definition) is 0. The number of nitrogens with zero attached hydrogens (tertiary/aromatic N) is 2. The number of aryl methyl sites for hydroxylation is 1. The van der Waals surface area contributed by atoms with E-state index in [0.717, 1.165) is 18.7 Å². The van der Waals surface area contributed by atoms with Crippen molar-refractivity contribution in [3.05, 3.63) is 76.3 Å². The van der Waals surface area contributed by atoms with Crippen LogP contribution in [0.5, 0.6) is 0 Å². The summed E-state index contributed by atoms with van der Waals surface area (Å²) in [4.78, 5) is 2.42. The summed E-state index contributed by atoms with van der Waals surface area (Å²) in [5.74, 6) is 0.781. The van der Waals surface area contributed by atoms with Gasteiger partial charge in [-0.1, -0.05) is 11.8 Å². The number of likely N-dealkylation sites (tertiary alicyclic amines) is 1. The van der Waals surface area contributed by atoms with Crippen molar-refractivity contribution in [1.82, 2.24) is 9.47 Å². The Balaban J connectivity index is 2.16. The molecule has 1 saturated heterocycles. The monoisotopic (exact) mass is 336 g/mol. The zero-order chi connectivity index (χ0) is 18.2. The Labute approximate surface area is 151 Å². The van der Waals surface area contributed by atoms with Crippen LogP contribution < -0.4 is 0 Å². The molecule has 25 heavy (non-hydrogen) atoms. The first-order chi connectivity index (χ1) is 12.0. The predicted octanol–water partition coefficient (Wildman–Crippen LogP) is 4.63. The van der Waals surface area contributed by atoms with E-state index >= 15 is 0 Å². The molecule has 0 radical (unpaired) electrons. The molecule has 1 aromatic rings. The molecule has 3 heteroatoms. The standard InChI is InChI=1S/C22H28N2O/c1-7-21-22(4,15-17-13-12-16(3)23(17)5)19-14-18(25-6)10-9-11-20(19)24(21)8-2/h7,9,11-14H,8,15H2,1-6H3/b21-7-. The predicted molar refractivity (Wildman–Crippen MR) is 103 cm³/mol. The second kappa shape index (κ2) is 6.50. The maximum Gasteiger partial charge on any atom is 0.162 e. The van der Waals surface area contributed by atoms with Gasteiger partial charge in [-0.2, -0.15) is 0 Å². The third-order valence-corrected chi connectivity index (χ3v) is 5.58. The molecule has 1 aromatic heterocycles. The number of methoxy groups -OCH3 is 1. The van der Waals surface area contributed by atoms with Crippen LogP contribution in [0.25, 0.3) is 0 Å². The first kappa shape index (κ1) is 17.4. The second-order valence-corrected chi connectivity index (χ2v) is 6.94. The summed E-state index contributed by atoms with van der Waals surface area (Å²) in [6.07, 6.45) is 9.49. The van der Waals surface area contributed by atoms with Crippen molar-refractivity contribution in [3.63, 3.8) is 0 Å². The molecule has 0 spiro atoms. The third-order valence-electron chi connectivity index (χ3n) is 5.58. The van der Waals surface area contributed by atoms with Gasteiger partial charge in [0.2, 0.25) is 0 Å². The number of likely N-dealkylation sites (N-methyl/N-ethyl adjacent to an activating group) is 1. The second-order valence-electron chi connectivity index (χ2n) is 6.94. The minimum Gasteiger partial charge on any atom is -0.489 e. The Bertz CT molecular complexity index is 843. The molecule has 0 N–H and O–H groups in total. The van der Waals surface area contributed by atoms with Crippen LogP contribution in [0.15, 0.2) is 64.9 Å². The smallest absolute Gasteiger partial charge is 0.162 e. The first-order valence-electron chi connectivity index (χ1n) is 8.95. The number of fused-ring (bicyclic) bond motifs is 1. The topological polar surface area (TPSA) is 17.4 Å². The molecule has 0 aromatic carbocycles. The molecule has 1 unspecified atom stereocenters. The van der Waals surface area contributed by atoms with Crippen LogP contribution in [0.2, 0.25) is 0 Å². The Hall–Kier alpha value is -2.38. The molecule has 3 nitrogen and oxygen atoms in total. The molecule has 0 amide bonds. The molecule has 1 aliphatic heterocycles. The molecular formula is C22H28N2O. The third kappa shape index (κ3) is 2.69. The van der Waals surface area contributed by atoms with Crippen molar-refractivity contribution in [3.8, 4) is 0 Å². The van der Waals surface area contributed by atoms with Crippen LogP contribution in [0, 0.1) is 12.3 Å². The van der Waals surface area contributed by atoms with Gasteiger partial charge in [0, 0.05) is 48.2 Å². The Kier molecular flexibility index (Phi) is 4.53. The number of hydrogen-bond acceptors (Lipinski definition) is 2. The van der Waals surface area contributed by atoms with Crippen molar-refractivity contribution in [2.45, 2.75) is 34.1 Å². The fourth-order valence-electron chi connectivity index (χ4n) is 4.11. The van der Waals surface area contributed by atoms with Gasteiger partial charge in [-0.25, -0.2) is 0 Å². The number of aromatic nitrogens is 1. The van der Waals surface area contributed by atoms with Crippen LogP contribution in [0.1, 0.15) is 32.2 Å². The average Bonchev–Trinajstić information content (AvgIpc) is 2.92. The minimum absolute atomic E-state index is 0.0984. The Morgan fingerprint density at radius 2 is 2.08 bits per heavy atom. The van der Waals surface area contributed by atoms with E-state index < -0.39 is 0 Å². The lowest BCUT2D eigenvalue weighted by Gasteiger charge is -2.29.